The number of fused-ring (bicyclic) bond motifs is 1. The zero-order valence-electron chi connectivity index (χ0n) is 14.3. The molecule has 0 saturated heterocycles. The molecule has 0 N–H and O–H groups in total. The summed E-state index contributed by atoms with van der Waals surface area (Å²) >= 11 is 0. The number of rotatable bonds is 5. The SMILES string of the molecule is Cc1cccc(OCc2nc3ccccc3n2CC(C)C#N)c1C. The maximum atomic E-state index is 9.16. The predicted molar refractivity (Wildman–Crippen MR) is 94.8 cm³/mol. The highest BCUT2D eigenvalue weighted by atomic mass is 16.5. The van der Waals surface area contributed by atoms with Crippen molar-refractivity contribution in [3.8, 4) is 11.8 Å². The molecule has 0 saturated carbocycles. The van der Waals surface area contributed by atoms with Crippen LogP contribution in [0.3, 0.4) is 0 Å². The van der Waals surface area contributed by atoms with Crippen molar-refractivity contribution < 1.29 is 4.74 Å². The Bertz CT molecular complexity index is 905. The van der Waals surface area contributed by atoms with Crippen molar-refractivity contribution in [1.29, 1.82) is 5.26 Å². The molecule has 4 nitrogen and oxygen atoms in total. The summed E-state index contributed by atoms with van der Waals surface area (Å²) in [6.07, 6.45) is 0. The number of benzene rings is 2. The fourth-order valence-corrected chi connectivity index (χ4v) is 2.78. The highest BCUT2D eigenvalue weighted by Gasteiger charge is 2.14. The van der Waals surface area contributed by atoms with Crippen molar-refractivity contribution in [3.05, 3.63) is 59.4 Å². The molecule has 1 aromatic heterocycles. The van der Waals surface area contributed by atoms with Gasteiger partial charge < -0.3 is 9.30 Å². The summed E-state index contributed by atoms with van der Waals surface area (Å²) in [6, 6.07) is 16.3. The number of hydrogen-bond acceptors (Lipinski definition) is 3. The lowest BCUT2D eigenvalue weighted by molar-refractivity contribution is 0.286. The highest BCUT2D eigenvalue weighted by Crippen LogP contribution is 2.23. The number of nitriles is 1. The van der Waals surface area contributed by atoms with Crippen molar-refractivity contribution in [3.63, 3.8) is 0 Å². The average molecular weight is 319 g/mol. The lowest BCUT2D eigenvalue weighted by Gasteiger charge is -2.13. The highest BCUT2D eigenvalue weighted by molar-refractivity contribution is 5.75. The van der Waals surface area contributed by atoms with Crippen LogP contribution in [0.2, 0.25) is 0 Å². The van der Waals surface area contributed by atoms with Crippen LogP contribution in [0.1, 0.15) is 23.9 Å². The Morgan fingerprint density at radius 3 is 2.75 bits per heavy atom. The van der Waals surface area contributed by atoms with Gasteiger partial charge in [-0.2, -0.15) is 5.26 Å². The van der Waals surface area contributed by atoms with Crippen LogP contribution >= 0.6 is 0 Å². The minimum atomic E-state index is -0.0814. The summed E-state index contributed by atoms with van der Waals surface area (Å²) in [6.45, 7) is 7.06. The standard InChI is InChI=1S/C20H21N3O/c1-14(11-21)12-23-18-9-5-4-8-17(18)22-20(23)13-24-19-10-6-7-15(2)16(19)3/h4-10,14H,12-13H2,1-3H3. The molecule has 1 atom stereocenters. The van der Waals surface area contributed by atoms with Gasteiger partial charge in [-0.25, -0.2) is 4.98 Å². The molecular formula is C20H21N3O. The van der Waals surface area contributed by atoms with Gasteiger partial charge in [-0.15, -0.1) is 0 Å². The van der Waals surface area contributed by atoms with Crippen molar-refractivity contribution in [2.75, 3.05) is 0 Å². The monoisotopic (exact) mass is 319 g/mol. The Kier molecular flexibility index (Phi) is 4.52. The molecule has 0 aliphatic heterocycles. The molecule has 1 unspecified atom stereocenters. The van der Waals surface area contributed by atoms with Crippen LogP contribution < -0.4 is 4.74 Å². The molecule has 2 aromatic carbocycles. The molecule has 24 heavy (non-hydrogen) atoms. The van der Waals surface area contributed by atoms with Crippen molar-refractivity contribution >= 4 is 11.0 Å². The average Bonchev–Trinajstić information content (AvgIpc) is 2.94. The third-order valence-electron chi connectivity index (χ3n) is 4.32. The van der Waals surface area contributed by atoms with E-state index in [4.69, 9.17) is 15.0 Å². The van der Waals surface area contributed by atoms with Crippen LogP contribution in [0.25, 0.3) is 11.0 Å². The van der Waals surface area contributed by atoms with Gasteiger partial charge in [-0.1, -0.05) is 24.3 Å². The summed E-state index contributed by atoms with van der Waals surface area (Å²) < 4.78 is 8.11. The van der Waals surface area contributed by atoms with E-state index in [1.807, 2.05) is 43.3 Å². The Labute approximate surface area is 142 Å². The van der Waals surface area contributed by atoms with Gasteiger partial charge in [0.15, 0.2) is 0 Å². The van der Waals surface area contributed by atoms with Crippen LogP contribution in [-0.4, -0.2) is 9.55 Å². The van der Waals surface area contributed by atoms with Gasteiger partial charge in [0, 0.05) is 6.54 Å². The number of hydrogen-bond donors (Lipinski definition) is 0. The quantitative estimate of drug-likeness (QED) is 0.700. The molecule has 0 radical (unpaired) electrons. The minimum Gasteiger partial charge on any atom is -0.485 e. The summed E-state index contributed by atoms with van der Waals surface area (Å²) in [5.74, 6) is 1.64. The molecular weight excluding hydrogens is 298 g/mol. The Balaban J connectivity index is 1.92. The minimum absolute atomic E-state index is 0.0814. The molecule has 0 amide bonds. The summed E-state index contributed by atoms with van der Waals surface area (Å²) in [5, 5.41) is 9.16. The molecule has 0 spiro atoms. The Hall–Kier alpha value is -2.80. The van der Waals surface area contributed by atoms with Gasteiger partial charge in [0.25, 0.3) is 0 Å². The van der Waals surface area contributed by atoms with Gasteiger partial charge in [0.1, 0.15) is 18.2 Å². The second kappa shape index (κ2) is 6.76. The first-order valence-corrected chi connectivity index (χ1v) is 8.13. The second-order valence-electron chi connectivity index (χ2n) is 6.14. The van der Waals surface area contributed by atoms with Crippen LogP contribution in [0, 0.1) is 31.1 Å². The predicted octanol–water partition coefficient (Wildman–Crippen LogP) is 4.39. The zero-order chi connectivity index (χ0) is 17.1. The van der Waals surface area contributed by atoms with E-state index in [9.17, 15) is 0 Å². The van der Waals surface area contributed by atoms with Crippen LogP contribution in [0.4, 0.5) is 0 Å². The molecule has 122 valence electrons. The van der Waals surface area contributed by atoms with Gasteiger partial charge in [-0.05, 0) is 50.1 Å². The first-order valence-electron chi connectivity index (χ1n) is 8.13. The van der Waals surface area contributed by atoms with E-state index in [0.29, 0.717) is 13.2 Å². The van der Waals surface area contributed by atoms with Gasteiger partial charge in [-0.3, -0.25) is 0 Å². The maximum Gasteiger partial charge on any atom is 0.148 e. The smallest absolute Gasteiger partial charge is 0.148 e. The van der Waals surface area contributed by atoms with E-state index in [-0.39, 0.29) is 5.92 Å². The van der Waals surface area contributed by atoms with Crippen LogP contribution in [0.5, 0.6) is 5.75 Å². The number of ether oxygens (including phenoxy) is 1. The van der Waals surface area contributed by atoms with Crippen molar-refractivity contribution in [1.82, 2.24) is 9.55 Å². The summed E-state index contributed by atoms with van der Waals surface area (Å²) in [7, 11) is 0. The van der Waals surface area contributed by atoms with Crippen molar-refractivity contribution in [2.24, 2.45) is 5.92 Å². The number of nitrogens with zero attached hydrogens (tertiary/aromatic N) is 3. The first-order chi connectivity index (χ1) is 11.6. The fraction of sp³-hybridized carbons (Fsp3) is 0.300. The second-order valence-corrected chi connectivity index (χ2v) is 6.14. The molecule has 1 heterocycles. The molecule has 0 fully saturated rings. The van der Waals surface area contributed by atoms with E-state index in [1.54, 1.807) is 0 Å². The summed E-state index contributed by atoms with van der Waals surface area (Å²) in [4.78, 5) is 4.70. The van der Waals surface area contributed by atoms with Crippen LogP contribution in [0.15, 0.2) is 42.5 Å². The number of para-hydroxylation sites is 2. The van der Waals surface area contributed by atoms with Crippen LogP contribution in [-0.2, 0) is 13.2 Å². The van der Waals surface area contributed by atoms with Crippen molar-refractivity contribution in [2.45, 2.75) is 33.9 Å². The van der Waals surface area contributed by atoms with E-state index in [1.165, 1.54) is 5.56 Å². The topological polar surface area (TPSA) is 50.8 Å². The maximum absolute atomic E-state index is 9.16. The first kappa shape index (κ1) is 16.1. The van der Waals surface area contributed by atoms with Gasteiger partial charge in [0.05, 0.1) is 23.0 Å². The normalized spacial score (nSPS) is 12.1. The summed E-state index contributed by atoms with van der Waals surface area (Å²) in [5.41, 5.74) is 4.33. The third-order valence-corrected chi connectivity index (χ3v) is 4.32. The molecule has 0 aliphatic rings. The zero-order valence-corrected chi connectivity index (χ0v) is 14.3. The van der Waals surface area contributed by atoms with Gasteiger partial charge in [0.2, 0.25) is 0 Å². The third kappa shape index (κ3) is 3.11. The fourth-order valence-electron chi connectivity index (χ4n) is 2.78. The van der Waals surface area contributed by atoms with E-state index < -0.39 is 0 Å². The molecule has 0 aliphatic carbocycles. The lowest BCUT2D eigenvalue weighted by atomic mass is 10.1. The molecule has 3 aromatic rings. The largest absolute Gasteiger partial charge is 0.485 e. The molecule has 3 rings (SSSR count). The van der Waals surface area contributed by atoms with E-state index in [2.05, 4.69) is 30.6 Å². The lowest BCUT2D eigenvalue weighted by Crippen LogP contribution is -2.12. The Morgan fingerprint density at radius 2 is 1.96 bits per heavy atom. The number of aryl methyl sites for hydroxylation is 1. The van der Waals surface area contributed by atoms with Gasteiger partial charge >= 0.3 is 0 Å². The van der Waals surface area contributed by atoms with E-state index >= 15 is 0 Å². The molecule has 0 bridgehead atoms. The van der Waals surface area contributed by atoms with E-state index in [0.717, 1.165) is 28.2 Å². The molecule has 4 heteroatoms. The number of imidazole rings is 1. The number of aromatic nitrogens is 2. The Morgan fingerprint density at radius 1 is 1.17 bits per heavy atom.